The molecule has 0 radical (unpaired) electrons. The van der Waals surface area contributed by atoms with Gasteiger partial charge in [-0.05, 0) is 23.8 Å². The van der Waals surface area contributed by atoms with Crippen LogP contribution in [0.2, 0.25) is 5.02 Å². The van der Waals surface area contributed by atoms with Crippen molar-refractivity contribution in [2.75, 3.05) is 18.9 Å². The summed E-state index contributed by atoms with van der Waals surface area (Å²) in [6.07, 6.45) is -4.54. The van der Waals surface area contributed by atoms with E-state index >= 15 is 0 Å². The fraction of sp³-hybridized carbons (Fsp3) is 0.235. The molecule has 1 amide bonds. The Morgan fingerprint density at radius 2 is 1.83 bits per heavy atom. The van der Waals surface area contributed by atoms with Crippen molar-refractivity contribution in [3.63, 3.8) is 0 Å². The average molecular weight is 357 g/mol. The van der Waals surface area contributed by atoms with Crippen molar-refractivity contribution in [3.05, 3.63) is 64.7 Å². The smallest absolute Gasteiger partial charge is 0.376 e. The van der Waals surface area contributed by atoms with E-state index in [0.717, 1.165) is 17.7 Å². The highest BCUT2D eigenvalue weighted by Crippen LogP contribution is 2.36. The molecular formula is C17H16ClF3N2O. The monoisotopic (exact) mass is 356 g/mol. The lowest BCUT2D eigenvalue weighted by Crippen LogP contribution is -2.31. The predicted molar refractivity (Wildman–Crippen MR) is 87.9 cm³/mol. The second kappa shape index (κ2) is 7.57. The van der Waals surface area contributed by atoms with Crippen molar-refractivity contribution in [3.8, 4) is 0 Å². The quantitative estimate of drug-likeness (QED) is 0.859. The van der Waals surface area contributed by atoms with Crippen LogP contribution in [0, 0.1) is 0 Å². The Morgan fingerprint density at radius 1 is 1.17 bits per heavy atom. The van der Waals surface area contributed by atoms with Crippen molar-refractivity contribution in [2.45, 2.75) is 12.7 Å². The highest BCUT2D eigenvalue weighted by molar-refractivity contribution is 6.31. The standard InChI is InChI=1S/C17H16ClF3N2O/c1-23(11-12-5-3-2-4-6-12)16(24)10-22-13-7-8-15(18)14(9-13)17(19,20)21/h2-9,22H,10-11H2,1H3. The van der Waals surface area contributed by atoms with Crippen molar-refractivity contribution in [1.82, 2.24) is 4.90 Å². The molecule has 0 bridgehead atoms. The van der Waals surface area contributed by atoms with Crippen molar-refractivity contribution in [1.29, 1.82) is 0 Å². The summed E-state index contributed by atoms with van der Waals surface area (Å²) < 4.78 is 38.4. The molecule has 0 aliphatic carbocycles. The third-order valence-electron chi connectivity index (χ3n) is 3.40. The van der Waals surface area contributed by atoms with Gasteiger partial charge in [0.05, 0.1) is 17.1 Å². The molecule has 0 aromatic heterocycles. The first-order chi connectivity index (χ1) is 11.3. The third kappa shape index (κ3) is 4.89. The average Bonchev–Trinajstić information content (AvgIpc) is 2.53. The molecule has 0 atom stereocenters. The van der Waals surface area contributed by atoms with E-state index in [0.29, 0.717) is 6.54 Å². The Bertz CT molecular complexity index is 705. The highest BCUT2D eigenvalue weighted by atomic mass is 35.5. The Balaban J connectivity index is 1.96. The van der Waals surface area contributed by atoms with Gasteiger partial charge < -0.3 is 10.2 Å². The van der Waals surface area contributed by atoms with Crippen LogP contribution in [0.15, 0.2) is 48.5 Å². The van der Waals surface area contributed by atoms with E-state index in [2.05, 4.69) is 5.32 Å². The van der Waals surface area contributed by atoms with E-state index < -0.39 is 11.7 Å². The number of hydrogen-bond donors (Lipinski definition) is 1. The van der Waals surface area contributed by atoms with E-state index in [-0.39, 0.29) is 23.2 Å². The molecule has 2 aromatic rings. The summed E-state index contributed by atoms with van der Waals surface area (Å²) in [7, 11) is 1.64. The van der Waals surface area contributed by atoms with Gasteiger partial charge in [0.1, 0.15) is 0 Å². The van der Waals surface area contributed by atoms with Gasteiger partial charge in [-0.1, -0.05) is 41.9 Å². The second-order valence-electron chi connectivity index (χ2n) is 5.28. The van der Waals surface area contributed by atoms with Gasteiger partial charge in [0.15, 0.2) is 0 Å². The number of nitrogens with one attached hydrogen (secondary N) is 1. The fourth-order valence-corrected chi connectivity index (χ4v) is 2.34. The molecule has 2 aromatic carbocycles. The molecule has 0 aliphatic heterocycles. The second-order valence-corrected chi connectivity index (χ2v) is 5.69. The Kier molecular flexibility index (Phi) is 5.72. The lowest BCUT2D eigenvalue weighted by molar-refractivity contribution is -0.137. The first-order valence-electron chi connectivity index (χ1n) is 7.16. The summed E-state index contributed by atoms with van der Waals surface area (Å²) in [5.41, 5.74) is 0.228. The Hall–Kier alpha value is -2.21. The zero-order chi connectivity index (χ0) is 17.7. The van der Waals surface area contributed by atoms with Gasteiger partial charge in [-0.15, -0.1) is 0 Å². The maximum absolute atomic E-state index is 12.8. The van der Waals surface area contributed by atoms with Crippen LogP contribution in [0.5, 0.6) is 0 Å². The molecule has 0 spiro atoms. The molecule has 1 N–H and O–H groups in total. The van der Waals surface area contributed by atoms with E-state index in [4.69, 9.17) is 11.6 Å². The number of carbonyl (C=O) groups is 1. The van der Waals surface area contributed by atoms with Gasteiger partial charge in [-0.25, -0.2) is 0 Å². The van der Waals surface area contributed by atoms with Crippen LogP contribution in [0.4, 0.5) is 18.9 Å². The Morgan fingerprint density at radius 3 is 2.46 bits per heavy atom. The minimum Gasteiger partial charge on any atom is -0.376 e. The summed E-state index contributed by atoms with van der Waals surface area (Å²) in [5.74, 6) is -0.234. The van der Waals surface area contributed by atoms with E-state index in [1.165, 1.54) is 11.0 Å². The minimum atomic E-state index is -4.54. The van der Waals surface area contributed by atoms with E-state index in [1.54, 1.807) is 7.05 Å². The number of rotatable bonds is 5. The number of halogens is 4. The minimum absolute atomic E-state index is 0.109. The largest absolute Gasteiger partial charge is 0.417 e. The van der Waals surface area contributed by atoms with Crippen molar-refractivity contribution >= 4 is 23.2 Å². The molecule has 0 saturated heterocycles. The van der Waals surface area contributed by atoms with Crippen LogP contribution in [-0.2, 0) is 17.5 Å². The van der Waals surface area contributed by atoms with Crippen molar-refractivity contribution in [2.24, 2.45) is 0 Å². The molecule has 0 aliphatic rings. The van der Waals surface area contributed by atoms with Gasteiger partial charge >= 0.3 is 6.18 Å². The van der Waals surface area contributed by atoms with Gasteiger partial charge in [-0.3, -0.25) is 4.79 Å². The first kappa shape index (κ1) is 18.1. The van der Waals surface area contributed by atoms with Crippen LogP contribution in [0.1, 0.15) is 11.1 Å². The molecule has 0 fully saturated rings. The summed E-state index contributed by atoms with van der Waals surface area (Å²) >= 11 is 5.56. The lowest BCUT2D eigenvalue weighted by atomic mass is 10.2. The highest BCUT2D eigenvalue weighted by Gasteiger charge is 2.33. The van der Waals surface area contributed by atoms with Gasteiger partial charge in [0.25, 0.3) is 0 Å². The number of carbonyl (C=O) groups excluding carboxylic acids is 1. The summed E-state index contributed by atoms with van der Waals surface area (Å²) in [4.78, 5) is 13.6. The SMILES string of the molecule is CN(Cc1ccccc1)C(=O)CNc1ccc(Cl)c(C(F)(F)F)c1. The summed E-state index contributed by atoms with van der Waals surface area (Å²) in [6.45, 7) is 0.317. The number of nitrogens with zero attached hydrogens (tertiary/aromatic N) is 1. The number of benzene rings is 2. The molecule has 3 nitrogen and oxygen atoms in total. The third-order valence-corrected chi connectivity index (χ3v) is 3.73. The topological polar surface area (TPSA) is 32.3 Å². The number of amides is 1. The van der Waals surface area contributed by atoms with Crippen LogP contribution in [-0.4, -0.2) is 24.4 Å². The van der Waals surface area contributed by atoms with Crippen LogP contribution in [0.3, 0.4) is 0 Å². The van der Waals surface area contributed by atoms with Crippen LogP contribution >= 0.6 is 11.6 Å². The summed E-state index contributed by atoms with van der Waals surface area (Å²) in [5, 5.41) is 2.33. The van der Waals surface area contributed by atoms with Gasteiger partial charge in [0, 0.05) is 19.3 Å². The molecule has 128 valence electrons. The molecule has 24 heavy (non-hydrogen) atoms. The maximum atomic E-state index is 12.8. The van der Waals surface area contributed by atoms with Gasteiger partial charge in [-0.2, -0.15) is 13.2 Å². The molecular weight excluding hydrogens is 341 g/mol. The Labute approximate surface area is 143 Å². The lowest BCUT2D eigenvalue weighted by Gasteiger charge is -2.18. The normalized spacial score (nSPS) is 11.2. The van der Waals surface area contributed by atoms with Crippen LogP contribution < -0.4 is 5.32 Å². The predicted octanol–water partition coefficient (Wildman–Crippen LogP) is 4.43. The molecule has 7 heteroatoms. The molecule has 0 saturated carbocycles. The van der Waals surface area contributed by atoms with E-state index in [1.807, 2.05) is 30.3 Å². The molecule has 0 unspecified atom stereocenters. The number of hydrogen-bond acceptors (Lipinski definition) is 2. The van der Waals surface area contributed by atoms with Crippen molar-refractivity contribution < 1.29 is 18.0 Å². The number of likely N-dealkylation sites (N-methyl/N-ethyl adjacent to an activating group) is 1. The molecule has 0 heterocycles. The first-order valence-corrected chi connectivity index (χ1v) is 7.53. The zero-order valence-electron chi connectivity index (χ0n) is 12.9. The maximum Gasteiger partial charge on any atom is 0.417 e. The zero-order valence-corrected chi connectivity index (χ0v) is 13.7. The summed E-state index contributed by atoms with van der Waals surface area (Å²) in [6, 6.07) is 12.9. The van der Waals surface area contributed by atoms with Gasteiger partial charge in [0.2, 0.25) is 5.91 Å². The number of alkyl halides is 3. The van der Waals surface area contributed by atoms with E-state index in [9.17, 15) is 18.0 Å². The fourth-order valence-electron chi connectivity index (χ4n) is 2.11. The van der Waals surface area contributed by atoms with Crippen LogP contribution in [0.25, 0.3) is 0 Å². The number of anilines is 1. The molecule has 2 rings (SSSR count).